The van der Waals surface area contributed by atoms with Crippen LogP contribution in [0.2, 0.25) is 0 Å². The Bertz CT molecular complexity index is 1100. The monoisotopic (exact) mass is 402 g/mol. The predicted molar refractivity (Wildman–Crippen MR) is 108 cm³/mol. The van der Waals surface area contributed by atoms with Crippen LogP contribution in [0.3, 0.4) is 0 Å². The van der Waals surface area contributed by atoms with Gasteiger partial charge >= 0.3 is 0 Å². The van der Waals surface area contributed by atoms with E-state index >= 15 is 0 Å². The Morgan fingerprint density at radius 2 is 1.88 bits per heavy atom. The van der Waals surface area contributed by atoms with E-state index in [1.807, 2.05) is 13.0 Å². The molecule has 0 atom stereocenters. The molecular formula is C19H18N2O2S3. The van der Waals surface area contributed by atoms with Gasteiger partial charge in [-0.2, -0.15) is 0 Å². The minimum atomic E-state index is -3.22. The molecule has 0 saturated carbocycles. The molecule has 26 heavy (non-hydrogen) atoms. The van der Waals surface area contributed by atoms with Gasteiger partial charge < -0.3 is 0 Å². The van der Waals surface area contributed by atoms with Gasteiger partial charge in [-0.3, -0.25) is 4.57 Å². The normalized spacial score (nSPS) is 13.3. The highest BCUT2D eigenvalue weighted by atomic mass is 32.2. The topological polar surface area (TPSA) is 52.0 Å². The molecule has 7 heteroatoms. The van der Waals surface area contributed by atoms with Gasteiger partial charge in [-0.15, -0.1) is 23.5 Å². The first-order valence-corrected chi connectivity index (χ1v) is 12.2. The van der Waals surface area contributed by atoms with Gasteiger partial charge in [-0.05, 0) is 43.5 Å². The summed E-state index contributed by atoms with van der Waals surface area (Å²) in [5, 5.41) is 0. The third-order valence-electron chi connectivity index (χ3n) is 4.44. The minimum Gasteiger partial charge on any atom is -0.294 e. The lowest BCUT2D eigenvalue weighted by Crippen LogP contribution is -2.09. The Balaban J connectivity index is 1.90. The van der Waals surface area contributed by atoms with E-state index in [0.717, 1.165) is 39.1 Å². The molecule has 134 valence electrons. The molecule has 0 fully saturated rings. The number of nitrogens with zero attached hydrogens (tertiary/aromatic N) is 2. The van der Waals surface area contributed by atoms with Crippen molar-refractivity contribution in [1.29, 1.82) is 0 Å². The first-order chi connectivity index (χ1) is 12.4. The van der Waals surface area contributed by atoms with E-state index in [1.54, 1.807) is 35.7 Å². The number of aryl methyl sites for hydroxylation is 1. The average Bonchev–Trinajstić information content (AvgIpc) is 2.97. The van der Waals surface area contributed by atoms with E-state index in [-0.39, 0.29) is 0 Å². The maximum absolute atomic E-state index is 11.9. The van der Waals surface area contributed by atoms with E-state index in [2.05, 4.69) is 35.1 Å². The fraction of sp³-hybridized carbons (Fsp3) is 0.211. The highest BCUT2D eigenvalue weighted by Gasteiger charge is 2.24. The van der Waals surface area contributed by atoms with Crippen LogP contribution in [0.4, 0.5) is 0 Å². The summed E-state index contributed by atoms with van der Waals surface area (Å²) >= 11 is 3.35. The van der Waals surface area contributed by atoms with Crippen molar-refractivity contribution in [2.45, 2.75) is 27.4 Å². The Hall–Kier alpha value is -1.70. The van der Waals surface area contributed by atoms with Crippen LogP contribution in [0.5, 0.6) is 0 Å². The Kier molecular flexibility index (Phi) is 4.41. The van der Waals surface area contributed by atoms with Crippen LogP contribution >= 0.6 is 23.5 Å². The van der Waals surface area contributed by atoms with Crippen LogP contribution < -0.4 is 0 Å². The lowest BCUT2D eigenvalue weighted by atomic mass is 10.1. The lowest BCUT2D eigenvalue weighted by molar-refractivity contribution is 0.601. The molecular weight excluding hydrogens is 384 g/mol. The van der Waals surface area contributed by atoms with Crippen LogP contribution in [0.1, 0.15) is 11.5 Å². The second-order valence-corrected chi connectivity index (χ2v) is 10.1. The zero-order chi connectivity index (χ0) is 18.5. The summed E-state index contributed by atoms with van der Waals surface area (Å²) in [5.41, 5.74) is 4.16. The van der Waals surface area contributed by atoms with Gasteiger partial charge in [-0.1, -0.05) is 12.1 Å². The second-order valence-electron chi connectivity index (χ2n) is 6.22. The zero-order valence-corrected chi connectivity index (χ0v) is 17.1. The molecule has 1 aliphatic rings. The van der Waals surface area contributed by atoms with Crippen molar-refractivity contribution in [2.24, 2.45) is 0 Å². The number of rotatable bonds is 3. The number of fused-ring (bicyclic) bond motifs is 3. The van der Waals surface area contributed by atoms with Crippen LogP contribution in [-0.4, -0.2) is 30.5 Å². The quantitative estimate of drug-likeness (QED) is 0.600. The molecule has 2 heterocycles. The number of sulfone groups is 1. The molecule has 0 bridgehead atoms. The fourth-order valence-electron chi connectivity index (χ4n) is 3.20. The number of imidazole rings is 1. The predicted octanol–water partition coefficient (Wildman–Crippen LogP) is 4.58. The van der Waals surface area contributed by atoms with Crippen LogP contribution in [0, 0.1) is 6.92 Å². The van der Waals surface area contributed by atoms with Gasteiger partial charge in [0, 0.05) is 21.6 Å². The third kappa shape index (κ3) is 2.98. The summed E-state index contributed by atoms with van der Waals surface area (Å²) < 4.78 is 25.9. The number of thioether (sulfide) groups is 2. The van der Waals surface area contributed by atoms with Crippen LogP contribution in [-0.2, 0) is 15.6 Å². The summed E-state index contributed by atoms with van der Waals surface area (Å²) in [6, 6.07) is 13.8. The number of hydrogen-bond acceptors (Lipinski definition) is 5. The van der Waals surface area contributed by atoms with Gasteiger partial charge in [0.15, 0.2) is 9.84 Å². The summed E-state index contributed by atoms with van der Waals surface area (Å²) in [7, 11) is -3.22. The number of hydrogen-bond donors (Lipinski definition) is 0. The van der Waals surface area contributed by atoms with Crippen molar-refractivity contribution in [3.05, 3.63) is 54.0 Å². The first-order valence-electron chi connectivity index (χ1n) is 8.08. The van der Waals surface area contributed by atoms with E-state index in [9.17, 15) is 8.42 Å². The van der Waals surface area contributed by atoms with Gasteiger partial charge in [0.25, 0.3) is 0 Å². The lowest BCUT2D eigenvalue weighted by Gasteiger charge is -2.21. The Morgan fingerprint density at radius 3 is 2.54 bits per heavy atom. The van der Waals surface area contributed by atoms with E-state index in [4.69, 9.17) is 4.98 Å². The summed E-state index contributed by atoms with van der Waals surface area (Å²) in [4.78, 5) is 7.31. The molecule has 1 aromatic heterocycles. The van der Waals surface area contributed by atoms with E-state index < -0.39 is 9.84 Å². The second kappa shape index (κ2) is 6.48. The SMILES string of the molecule is CSc1ccc(-c2c(C)nc3n2-c2ccc(S(C)(=O)=O)cc2SC3)cc1. The molecule has 3 aromatic rings. The molecule has 0 saturated heterocycles. The van der Waals surface area contributed by atoms with Gasteiger partial charge in [-0.25, -0.2) is 13.4 Å². The molecule has 0 N–H and O–H groups in total. The zero-order valence-electron chi connectivity index (χ0n) is 14.7. The van der Waals surface area contributed by atoms with Crippen molar-refractivity contribution in [3.63, 3.8) is 0 Å². The number of benzene rings is 2. The average molecular weight is 403 g/mol. The van der Waals surface area contributed by atoms with Crippen molar-refractivity contribution < 1.29 is 8.42 Å². The van der Waals surface area contributed by atoms with E-state index in [1.165, 1.54) is 11.2 Å². The smallest absolute Gasteiger partial charge is 0.175 e. The van der Waals surface area contributed by atoms with Crippen LogP contribution in [0.25, 0.3) is 16.9 Å². The maximum Gasteiger partial charge on any atom is 0.175 e. The molecule has 0 spiro atoms. The summed E-state index contributed by atoms with van der Waals surface area (Å²) in [6.45, 7) is 2.03. The van der Waals surface area contributed by atoms with Crippen molar-refractivity contribution in [1.82, 2.24) is 9.55 Å². The van der Waals surface area contributed by atoms with Crippen molar-refractivity contribution in [2.75, 3.05) is 12.5 Å². The third-order valence-corrected chi connectivity index (χ3v) is 7.34. The number of aromatic nitrogens is 2. The standard InChI is InChI=1S/C19H18N2O2S3/c1-12-19(13-4-6-14(24-2)7-5-13)21-16-9-8-15(26(3,22)23)10-17(16)25-11-18(21)20-12/h4-10H,11H2,1-3H3. The summed E-state index contributed by atoms with van der Waals surface area (Å²) in [5.74, 6) is 1.72. The molecule has 2 aromatic carbocycles. The van der Waals surface area contributed by atoms with Gasteiger partial charge in [0.05, 0.1) is 27.7 Å². The molecule has 0 radical (unpaired) electrons. The maximum atomic E-state index is 11.9. The van der Waals surface area contributed by atoms with E-state index in [0.29, 0.717) is 4.90 Å². The molecule has 1 aliphatic heterocycles. The summed E-state index contributed by atoms with van der Waals surface area (Å²) in [6.07, 6.45) is 3.31. The Labute approximate surface area is 162 Å². The largest absolute Gasteiger partial charge is 0.294 e. The Morgan fingerprint density at radius 1 is 1.15 bits per heavy atom. The molecule has 0 unspecified atom stereocenters. The molecule has 4 nitrogen and oxygen atoms in total. The van der Waals surface area contributed by atoms with Crippen molar-refractivity contribution in [3.8, 4) is 16.9 Å². The fourth-order valence-corrected chi connectivity index (χ4v) is 5.32. The van der Waals surface area contributed by atoms with Crippen molar-refractivity contribution >= 4 is 33.4 Å². The minimum absolute atomic E-state index is 0.356. The van der Waals surface area contributed by atoms with Gasteiger partial charge in [0.1, 0.15) is 5.82 Å². The highest BCUT2D eigenvalue weighted by molar-refractivity contribution is 7.99. The van der Waals surface area contributed by atoms with Crippen LogP contribution in [0.15, 0.2) is 57.2 Å². The molecule has 0 amide bonds. The highest BCUT2D eigenvalue weighted by Crippen LogP contribution is 2.40. The van der Waals surface area contributed by atoms with Gasteiger partial charge in [0.2, 0.25) is 0 Å². The first kappa shape index (κ1) is 17.7. The molecule has 4 rings (SSSR count). The molecule has 0 aliphatic carbocycles.